The van der Waals surface area contributed by atoms with Crippen LogP contribution in [0.25, 0.3) is 66.8 Å². The Morgan fingerprint density at radius 1 is 0.200 bits per heavy atom. The summed E-state index contributed by atoms with van der Waals surface area (Å²) in [7, 11) is 0. The Kier molecular flexibility index (Phi) is 9.41. The predicted molar refractivity (Wildman–Crippen MR) is 234 cm³/mol. The zero-order valence-corrected chi connectivity index (χ0v) is 30.5. The highest BCUT2D eigenvalue weighted by molar-refractivity contribution is 5.99. The van der Waals surface area contributed by atoms with E-state index in [4.69, 9.17) is 0 Å². The second-order valence-electron chi connectivity index (χ2n) is 13.7. The van der Waals surface area contributed by atoms with Gasteiger partial charge in [0.05, 0.1) is 0 Å². The Balaban J connectivity index is 1.27. The van der Waals surface area contributed by atoms with Crippen LogP contribution in [0, 0.1) is 0 Å². The van der Waals surface area contributed by atoms with Crippen molar-refractivity contribution in [2.24, 2.45) is 0 Å². The highest BCUT2D eigenvalue weighted by Crippen LogP contribution is 2.46. The maximum Gasteiger partial charge on any atom is 0.0468 e. The quantitative estimate of drug-likeness (QED) is 0.145. The van der Waals surface area contributed by atoms with Crippen molar-refractivity contribution in [3.8, 4) is 66.8 Å². The number of benzene rings is 9. The van der Waals surface area contributed by atoms with Crippen LogP contribution in [-0.2, 0) is 0 Å². The molecule has 0 N–H and O–H groups in total. The normalized spacial score (nSPS) is 10.9. The van der Waals surface area contributed by atoms with Crippen LogP contribution in [0.15, 0.2) is 237 Å². The van der Waals surface area contributed by atoms with Gasteiger partial charge in [-0.05, 0) is 115 Å². The van der Waals surface area contributed by atoms with E-state index < -0.39 is 0 Å². The van der Waals surface area contributed by atoms with Crippen molar-refractivity contribution in [1.29, 1.82) is 0 Å². The molecule has 0 radical (unpaired) electrons. The van der Waals surface area contributed by atoms with Crippen LogP contribution in [0.3, 0.4) is 0 Å². The molecule has 0 aliphatic carbocycles. The molecule has 0 amide bonds. The number of hydrogen-bond donors (Lipinski definition) is 0. The van der Waals surface area contributed by atoms with Crippen LogP contribution < -0.4 is 4.90 Å². The van der Waals surface area contributed by atoms with Gasteiger partial charge in [0.2, 0.25) is 0 Å². The molecule has 9 rings (SSSR count). The first kappa shape index (κ1) is 33.6. The molecule has 0 saturated heterocycles. The third kappa shape index (κ3) is 7.00. The van der Waals surface area contributed by atoms with Crippen LogP contribution in [0.4, 0.5) is 17.1 Å². The molecule has 0 bridgehead atoms. The molecule has 0 saturated carbocycles. The van der Waals surface area contributed by atoms with Crippen molar-refractivity contribution in [1.82, 2.24) is 0 Å². The fourth-order valence-electron chi connectivity index (χ4n) is 7.66. The summed E-state index contributed by atoms with van der Waals surface area (Å²) >= 11 is 0. The Morgan fingerprint density at radius 2 is 0.582 bits per heavy atom. The van der Waals surface area contributed by atoms with E-state index >= 15 is 0 Å². The van der Waals surface area contributed by atoms with Crippen molar-refractivity contribution in [3.63, 3.8) is 0 Å². The highest BCUT2D eigenvalue weighted by Gasteiger charge is 2.20. The summed E-state index contributed by atoms with van der Waals surface area (Å²) in [5.74, 6) is 0. The zero-order chi connectivity index (χ0) is 36.8. The first-order valence-corrected chi connectivity index (χ1v) is 18.8. The molecule has 0 aliphatic rings. The Hall–Kier alpha value is -7.22. The highest BCUT2D eigenvalue weighted by atomic mass is 15.1. The molecule has 55 heavy (non-hydrogen) atoms. The first-order valence-electron chi connectivity index (χ1n) is 18.8. The fraction of sp³-hybridized carbons (Fsp3) is 0. The molecule has 0 aromatic heterocycles. The Labute approximate surface area is 324 Å². The standard InChI is InChI=1S/C54H39N/c1-7-20-40(21-8-1)46-37-52(43-26-13-4-14-27-43)54(53(38-46)44-28-15-5-16-29-44)45-30-19-33-48(36-45)55(47-31-17-6-18-32-47)49-34-35-50(41-22-9-2-10-23-41)51(39-49)42-24-11-3-12-25-42/h1-39H. The van der Waals surface area contributed by atoms with Gasteiger partial charge in [0.25, 0.3) is 0 Å². The molecule has 0 atom stereocenters. The molecule has 0 aliphatic heterocycles. The predicted octanol–water partition coefficient (Wildman–Crippen LogP) is 15.2. The third-order valence-corrected chi connectivity index (χ3v) is 10.3. The number of nitrogens with zero attached hydrogens (tertiary/aromatic N) is 1. The second kappa shape index (κ2) is 15.4. The van der Waals surface area contributed by atoms with Crippen LogP contribution in [-0.4, -0.2) is 0 Å². The minimum atomic E-state index is 1.08. The van der Waals surface area contributed by atoms with E-state index in [9.17, 15) is 0 Å². The van der Waals surface area contributed by atoms with Gasteiger partial charge in [0, 0.05) is 17.1 Å². The molecule has 1 nitrogen and oxygen atoms in total. The van der Waals surface area contributed by atoms with Crippen LogP contribution in [0.2, 0.25) is 0 Å². The molecule has 1 heteroatoms. The van der Waals surface area contributed by atoms with E-state index in [-0.39, 0.29) is 0 Å². The first-order chi connectivity index (χ1) is 27.3. The van der Waals surface area contributed by atoms with Crippen molar-refractivity contribution >= 4 is 17.1 Å². The van der Waals surface area contributed by atoms with Gasteiger partial charge in [0.1, 0.15) is 0 Å². The smallest absolute Gasteiger partial charge is 0.0468 e. The summed E-state index contributed by atoms with van der Waals surface area (Å²) < 4.78 is 0. The lowest BCUT2D eigenvalue weighted by Gasteiger charge is -2.28. The summed E-state index contributed by atoms with van der Waals surface area (Å²) in [5.41, 5.74) is 17.5. The Morgan fingerprint density at radius 3 is 1.09 bits per heavy atom. The lowest BCUT2D eigenvalue weighted by molar-refractivity contribution is 1.28. The molecule has 9 aromatic rings. The summed E-state index contributed by atoms with van der Waals surface area (Å²) in [4.78, 5) is 2.38. The SMILES string of the molecule is c1ccc(-c2cc(-c3ccccc3)c(-c3cccc(N(c4ccccc4)c4ccc(-c5ccccc5)c(-c5ccccc5)c4)c3)c(-c3ccccc3)c2)cc1. The van der Waals surface area contributed by atoms with Gasteiger partial charge in [-0.15, -0.1) is 0 Å². The average Bonchev–Trinajstić information content (AvgIpc) is 3.28. The molecule has 0 fully saturated rings. The van der Waals surface area contributed by atoms with Crippen LogP contribution in [0.5, 0.6) is 0 Å². The number of anilines is 3. The molecule has 0 unspecified atom stereocenters. The number of rotatable bonds is 9. The summed E-state index contributed by atoms with van der Waals surface area (Å²) in [6.07, 6.45) is 0. The minimum absolute atomic E-state index is 1.08. The van der Waals surface area contributed by atoms with Crippen LogP contribution >= 0.6 is 0 Å². The lowest BCUT2D eigenvalue weighted by Crippen LogP contribution is -2.10. The van der Waals surface area contributed by atoms with E-state index in [0.29, 0.717) is 0 Å². The summed E-state index contributed by atoms with van der Waals surface area (Å²) in [5, 5.41) is 0. The molecular formula is C54H39N. The third-order valence-electron chi connectivity index (χ3n) is 10.3. The minimum Gasteiger partial charge on any atom is -0.310 e. The second-order valence-corrected chi connectivity index (χ2v) is 13.7. The van der Waals surface area contributed by atoms with Gasteiger partial charge < -0.3 is 4.90 Å². The van der Waals surface area contributed by atoms with E-state index in [0.717, 1.165) is 22.6 Å². The largest absolute Gasteiger partial charge is 0.310 e. The van der Waals surface area contributed by atoms with E-state index in [1.54, 1.807) is 0 Å². The van der Waals surface area contributed by atoms with E-state index in [1.165, 1.54) is 61.2 Å². The maximum absolute atomic E-state index is 2.38. The van der Waals surface area contributed by atoms with E-state index in [2.05, 4.69) is 241 Å². The van der Waals surface area contributed by atoms with Gasteiger partial charge in [-0.2, -0.15) is 0 Å². The molecular weight excluding hydrogens is 663 g/mol. The maximum atomic E-state index is 2.38. The number of para-hydroxylation sites is 1. The van der Waals surface area contributed by atoms with Crippen molar-refractivity contribution < 1.29 is 0 Å². The molecule has 0 heterocycles. The molecule has 260 valence electrons. The summed E-state index contributed by atoms with van der Waals surface area (Å²) in [6, 6.07) is 85.1. The zero-order valence-electron chi connectivity index (χ0n) is 30.5. The van der Waals surface area contributed by atoms with Crippen LogP contribution in [0.1, 0.15) is 0 Å². The monoisotopic (exact) mass is 701 g/mol. The number of hydrogen-bond acceptors (Lipinski definition) is 1. The van der Waals surface area contributed by atoms with Gasteiger partial charge in [-0.25, -0.2) is 0 Å². The van der Waals surface area contributed by atoms with E-state index in [1.807, 2.05) is 0 Å². The van der Waals surface area contributed by atoms with Crippen molar-refractivity contribution in [2.75, 3.05) is 4.90 Å². The average molecular weight is 702 g/mol. The topological polar surface area (TPSA) is 3.24 Å². The van der Waals surface area contributed by atoms with Gasteiger partial charge in [-0.3, -0.25) is 0 Å². The summed E-state index contributed by atoms with van der Waals surface area (Å²) in [6.45, 7) is 0. The van der Waals surface area contributed by atoms with Crippen molar-refractivity contribution in [2.45, 2.75) is 0 Å². The lowest BCUT2D eigenvalue weighted by atomic mass is 9.84. The molecule has 9 aromatic carbocycles. The van der Waals surface area contributed by atoms with Gasteiger partial charge >= 0.3 is 0 Å². The molecule has 0 spiro atoms. The van der Waals surface area contributed by atoms with Gasteiger partial charge in [-0.1, -0.05) is 188 Å². The Bertz CT molecular complexity index is 2590. The fourth-order valence-corrected chi connectivity index (χ4v) is 7.66. The van der Waals surface area contributed by atoms with Crippen molar-refractivity contribution in [3.05, 3.63) is 237 Å². The van der Waals surface area contributed by atoms with Gasteiger partial charge in [0.15, 0.2) is 0 Å².